The van der Waals surface area contributed by atoms with E-state index in [0.29, 0.717) is 11.0 Å². The molecule has 120 valence electrons. The van der Waals surface area contributed by atoms with Crippen LogP contribution in [0, 0.1) is 5.92 Å². The van der Waals surface area contributed by atoms with E-state index in [2.05, 4.69) is 20.7 Å². The van der Waals surface area contributed by atoms with E-state index in [9.17, 15) is 8.42 Å². The fourth-order valence-corrected chi connectivity index (χ4v) is 5.72. The number of nitrogens with two attached hydrogens (primary N) is 1. The zero-order valence-electron chi connectivity index (χ0n) is 11.4. The molecule has 1 saturated carbocycles. The third-order valence-electron chi connectivity index (χ3n) is 3.71. The Kier molecular flexibility index (Phi) is 7.43. The van der Waals surface area contributed by atoms with Crippen LogP contribution < -0.4 is 10.5 Å². The molecule has 0 spiro atoms. The fourth-order valence-electron chi connectivity index (χ4n) is 2.64. The summed E-state index contributed by atoms with van der Waals surface area (Å²) in [5.41, 5.74) is 5.74. The first-order chi connectivity index (χ1) is 9.45. The van der Waals surface area contributed by atoms with E-state index >= 15 is 0 Å². The zero-order valence-corrected chi connectivity index (χ0v) is 15.4. The van der Waals surface area contributed by atoms with Gasteiger partial charge >= 0.3 is 0 Å². The normalized spacial score (nSPS) is 22.6. The number of hydrogen-bond acceptors (Lipinski definition) is 3. The van der Waals surface area contributed by atoms with Gasteiger partial charge in [0.1, 0.15) is 4.90 Å². The smallest absolute Gasteiger partial charge is 0.243 e. The standard InChI is InChI=1S/C13H18BrClN2O2S.ClH/c14-10-5-3-6-11(15)13(10)20(18,19)17-12-7-2-1-4-9(12)8-16;/h3,5-6,9,12,17H,1-2,4,7-8,16H2;1H. The molecule has 3 N–H and O–H groups in total. The van der Waals surface area contributed by atoms with Crippen LogP contribution in [0.1, 0.15) is 25.7 Å². The first kappa shape index (κ1) is 19.2. The highest BCUT2D eigenvalue weighted by Crippen LogP contribution is 2.31. The highest BCUT2D eigenvalue weighted by Gasteiger charge is 2.30. The second-order valence-corrected chi connectivity index (χ2v) is 7.97. The van der Waals surface area contributed by atoms with E-state index in [-0.39, 0.29) is 34.3 Å². The Labute approximate surface area is 145 Å². The van der Waals surface area contributed by atoms with Crippen molar-refractivity contribution >= 4 is 50.0 Å². The summed E-state index contributed by atoms with van der Waals surface area (Å²) in [6, 6.07) is 4.83. The van der Waals surface area contributed by atoms with E-state index in [1.807, 2.05) is 0 Å². The van der Waals surface area contributed by atoms with Crippen molar-refractivity contribution in [2.45, 2.75) is 36.6 Å². The summed E-state index contributed by atoms with van der Waals surface area (Å²) in [6.07, 6.45) is 3.92. The molecule has 21 heavy (non-hydrogen) atoms. The lowest BCUT2D eigenvalue weighted by atomic mass is 9.85. The molecule has 2 atom stereocenters. The van der Waals surface area contributed by atoms with Gasteiger partial charge in [0.2, 0.25) is 10.0 Å². The Balaban J connectivity index is 0.00000220. The Morgan fingerprint density at radius 3 is 2.62 bits per heavy atom. The lowest BCUT2D eigenvalue weighted by Crippen LogP contribution is -2.44. The van der Waals surface area contributed by atoms with Crippen LogP contribution >= 0.6 is 39.9 Å². The molecule has 1 fully saturated rings. The SMILES string of the molecule is Cl.NCC1CCCCC1NS(=O)(=O)c1c(Cl)cccc1Br. The highest BCUT2D eigenvalue weighted by molar-refractivity contribution is 9.10. The van der Waals surface area contributed by atoms with Gasteiger partial charge in [-0.2, -0.15) is 0 Å². The maximum absolute atomic E-state index is 12.5. The van der Waals surface area contributed by atoms with Gasteiger partial charge < -0.3 is 5.73 Å². The third kappa shape index (κ3) is 4.56. The highest BCUT2D eigenvalue weighted by atomic mass is 79.9. The van der Waals surface area contributed by atoms with Crippen molar-refractivity contribution < 1.29 is 8.42 Å². The molecule has 0 aromatic heterocycles. The number of hydrogen-bond donors (Lipinski definition) is 2. The van der Waals surface area contributed by atoms with Crippen LogP contribution in [0.25, 0.3) is 0 Å². The minimum absolute atomic E-state index is 0. The molecule has 0 bridgehead atoms. The number of nitrogens with one attached hydrogen (secondary N) is 1. The molecular weight excluding hydrogens is 399 g/mol. The van der Waals surface area contributed by atoms with Crippen LogP contribution in [-0.2, 0) is 10.0 Å². The average molecular weight is 418 g/mol. The molecule has 0 radical (unpaired) electrons. The quantitative estimate of drug-likeness (QED) is 0.788. The van der Waals surface area contributed by atoms with Crippen LogP contribution in [0.15, 0.2) is 27.6 Å². The van der Waals surface area contributed by atoms with Crippen molar-refractivity contribution in [2.24, 2.45) is 11.7 Å². The summed E-state index contributed by atoms with van der Waals surface area (Å²) in [4.78, 5) is 0.100. The molecule has 4 nitrogen and oxygen atoms in total. The van der Waals surface area contributed by atoms with Crippen LogP contribution in [-0.4, -0.2) is 21.0 Å². The first-order valence-corrected chi connectivity index (χ1v) is 9.27. The number of rotatable bonds is 4. The summed E-state index contributed by atoms with van der Waals surface area (Å²) >= 11 is 9.28. The van der Waals surface area contributed by atoms with Crippen molar-refractivity contribution in [3.8, 4) is 0 Å². The summed E-state index contributed by atoms with van der Waals surface area (Å²) in [5.74, 6) is 0.194. The topological polar surface area (TPSA) is 72.2 Å². The third-order valence-corrected chi connectivity index (χ3v) is 6.65. The van der Waals surface area contributed by atoms with E-state index in [0.717, 1.165) is 25.7 Å². The lowest BCUT2D eigenvalue weighted by Gasteiger charge is -2.31. The summed E-state index contributed by atoms with van der Waals surface area (Å²) < 4.78 is 28.3. The van der Waals surface area contributed by atoms with Gasteiger partial charge in [-0.05, 0) is 53.4 Å². The Morgan fingerprint density at radius 1 is 1.33 bits per heavy atom. The Morgan fingerprint density at radius 2 is 2.00 bits per heavy atom. The number of benzene rings is 1. The van der Waals surface area contributed by atoms with Crippen molar-refractivity contribution in [1.82, 2.24) is 4.72 Å². The second kappa shape index (κ2) is 8.13. The van der Waals surface area contributed by atoms with E-state index < -0.39 is 10.0 Å². The zero-order chi connectivity index (χ0) is 14.8. The second-order valence-electron chi connectivity index (χ2n) is 5.06. The average Bonchev–Trinajstić information content (AvgIpc) is 2.38. The van der Waals surface area contributed by atoms with Crippen LogP contribution in [0.5, 0.6) is 0 Å². The molecule has 0 amide bonds. The molecule has 0 heterocycles. The van der Waals surface area contributed by atoms with E-state index in [1.54, 1.807) is 18.2 Å². The monoisotopic (exact) mass is 416 g/mol. The molecule has 0 aliphatic heterocycles. The minimum Gasteiger partial charge on any atom is -0.330 e. The van der Waals surface area contributed by atoms with Gasteiger partial charge in [0.05, 0.1) is 5.02 Å². The molecule has 1 aromatic carbocycles. The van der Waals surface area contributed by atoms with E-state index in [4.69, 9.17) is 17.3 Å². The predicted molar refractivity (Wildman–Crippen MR) is 91.5 cm³/mol. The van der Waals surface area contributed by atoms with Crippen molar-refractivity contribution in [1.29, 1.82) is 0 Å². The summed E-state index contributed by atoms with van der Waals surface area (Å²) in [5, 5.41) is 0.215. The Hall–Kier alpha value is 0.150. The van der Waals surface area contributed by atoms with E-state index in [1.165, 1.54) is 0 Å². The van der Waals surface area contributed by atoms with Gasteiger partial charge in [-0.15, -0.1) is 12.4 Å². The number of halogens is 3. The molecule has 1 aromatic rings. The van der Waals surface area contributed by atoms with Crippen LogP contribution in [0.4, 0.5) is 0 Å². The largest absolute Gasteiger partial charge is 0.330 e. The molecule has 1 aliphatic rings. The van der Waals surface area contributed by atoms with Gasteiger partial charge in [-0.3, -0.25) is 0 Å². The molecular formula is C13H19BrCl2N2O2S. The maximum Gasteiger partial charge on any atom is 0.243 e. The molecule has 0 saturated heterocycles. The predicted octanol–water partition coefficient (Wildman–Crippen LogP) is 3.32. The van der Waals surface area contributed by atoms with Crippen molar-refractivity contribution in [3.05, 3.63) is 27.7 Å². The van der Waals surface area contributed by atoms with Gasteiger partial charge in [-0.1, -0.05) is 30.5 Å². The fraction of sp³-hybridized carbons (Fsp3) is 0.538. The summed E-state index contributed by atoms with van der Waals surface area (Å²) in [7, 11) is -3.65. The van der Waals surface area contributed by atoms with Gasteiger partial charge in [-0.25, -0.2) is 13.1 Å². The van der Waals surface area contributed by atoms with Crippen LogP contribution in [0.3, 0.4) is 0 Å². The molecule has 1 aliphatic carbocycles. The van der Waals surface area contributed by atoms with Crippen LogP contribution in [0.2, 0.25) is 5.02 Å². The maximum atomic E-state index is 12.5. The first-order valence-electron chi connectivity index (χ1n) is 6.62. The summed E-state index contributed by atoms with van der Waals surface area (Å²) in [6.45, 7) is 0.497. The van der Waals surface area contributed by atoms with Crippen molar-refractivity contribution in [2.75, 3.05) is 6.54 Å². The lowest BCUT2D eigenvalue weighted by molar-refractivity contribution is 0.296. The minimum atomic E-state index is -3.65. The molecule has 2 rings (SSSR count). The van der Waals surface area contributed by atoms with Gasteiger partial charge in [0, 0.05) is 10.5 Å². The number of sulfonamides is 1. The molecule has 8 heteroatoms. The van der Waals surface area contributed by atoms with Crippen molar-refractivity contribution in [3.63, 3.8) is 0 Å². The van der Waals surface area contributed by atoms with Gasteiger partial charge in [0.15, 0.2) is 0 Å². The molecule has 2 unspecified atom stereocenters. The Bertz CT molecular complexity index is 563. The van der Waals surface area contributed by atoms with Gasteiger partial charge in [0.25, 0.3) is 0 Å².